The van der Waals surface area contributed by atoms with Crippen LogP contribution in [0.1, 0.15) is 52.9 Å². The summed E-state index contributed by atoms with van der Waals surface area (Å²) in [7, 11) is -1.17. The number of azo groups is 1. The minimum absolute atomic E-state index is 0.137. The lowest BCUT2D eigenvalue weighted by atomic mass is 10.2. The van der Waals surface area contributed by atoms with Crippen LogP contribution in [0.2, 0.25) is 0 Å². The zero-order valence-corrected chi connectivity index (χ0v) is 22.6. The monoisotopic (exact) mass is 499 g/mol. The molecule has 0 N–H and O–H groups in total. The first-order valence-electron chi connectivity index (χ1n) is 12.5. The third-order valence-electron chi connectivity index (χ3n) is 5.85. The Balaban J connectivity index is 1.78. The summed E-state index contributed by atoms with van der Waals surface area (Å²) in [6, 6.07) is 14.6. The van der Waals surface area contributed by atoms with E-state index in [-0.39, 0.29) is 11.7 Å². The first-order chi connectivity index (χ1) is 16.7. The van der Waals surface area contributed by atoms with Gasteiger partial charge in [0.05, 0.1) is 28.6 Å². The summed E-state index contributed by atoms with van der Waals surface area (Å²) in [4.78, 5) is 2.58. The molecule has 0 saturated heterocycles. The van der Waals surface area contributed by atoms with Crippen molar-refractivity contribution in [1.29, 1.82) is 0 Å². The van der Waals surface area contributed by atoms with Crippen LogP contribution in [-0.4, -0.2) is 41.0 Å². The molecule has 1 atom stereocenters. The third kappa shape index (κ3) is 10.7. The molecule has 7 heteroatoms. The summed E-state index contributed by atoms with van der Waals surface area (Å²) in [5.74, 6) is 0.300. The summed E-state index contributed by atoms with van der Waals surface area (Å²) < 4.78 is 30.5. The van der Waals surface area contributed by atoms with Gasteiger partial charge in [-0.15, -0.1) is 0 Å². The van der Waals surface area contributed by atoms with Crippen molar-refractivity contribution >= 4 is 26.9 Å². The Labute approximate surface area is 212 Å². The molecule has 6 nitrogen and oxygen atoms in total. The number of anilines is 1. The van der Waals surface area contributed by atoms with E-state index in [1.54, 1.807) is 24.3 Å². The minimum atomic E-state index is -3.27. The number of nitrogens with zero attached hydrogens (tertiary/aromatic N) is 3. The molecule has 2 rings (SSSR count). The maximum atomic E-state index is 12.5. The van der Waals surface area contributed by atoms with Gasteiger partial charge in [-0.2, -0.15) is 10.2 Å². The van der Waals surface area contributed by atoms with E-state index in [4.69, 9.17) is 4.74 Å². The third-order valence-corrected chi connectivity index (χ3v) is 7.85. The van der Waals surface area contributed by atoms with Gasteiger partial charge in [-0.3, -0.25) is 0 Å². The molecule has 0 saturated carbocycles. The first-order valence-corrected chi connectivity index (χ1v) is 14.1. The van der Waals surface area contributed by atoms with Crippen LogP contribution < -0.4 is 4.90 Å². The molecule has 1 unspecified atom stereocenters. The molecule has 2 aromatic carbocycles. The van der Waals surface area contributed by atoms with Crippen molar-refractivity contribution in [3.05, 3.63) is 60.7 Å². The van der Waals surface area contributed by atoms with E-state index in [1.807, 2.05) is 45.0 Å². The highest BCUT2D eigenvalue weighted by Gasteiger charge is 2.17. The molecule has 0 amide bonds. The van der Waals surface area contributed by atoms with Gasteiger partial charge in [-0.05, 0) is 74.2 Å². The van der Waals surface area contributed by atoms with Crippen molar-refractivity contribution in [3.8, 4) is 0 Å². The predicted molar refractivity (Wildman–Crippen MR) is 146 cm³/mol. The Morgan fingerprint density at radius 2 is 1.54 bits per heavy atom. The van der Waals surface area contributed by atoms with Gasteiger partial charge in [0.1, 0.15) is 0 Å². The van der Waals surface area contributed by atoms with Crippen molar-refractivity contribution in [2.75, 3.05) is 37.5 Å². The molecule has 0 heterocycles. The molecule has 0 fully saturated rings. The number of ether oxygens (including phenoxy) is 1. The second kappa shape index (κ2) is 14.8. The van der Waals surface area contributed by atoms with E-state index in [0.29, 0.717) is 17.2 Å². The fraction of sp³-hybridized carbons (Fsp3) is 0.500. The molecule has 192 valence electrons. The van der Waals surface area contributed by atoms with Crippen LogP contribution in [0.25, 0.3) is 0 Å². The lowest BCUT2D eigenvalue weighted by molar-refractivity contribution is 0.151. The number of hydrogen-bond acceptors (Lipinski definition) is 6. The van der Waals surface area contributed by atoms with Gasteiger partial charge < -0.3 is 9.64 Å². The summed E-state index contributed by atoms with van der Waals surface area (Å²) >= 11 is 0. The molecule has 35 heavy (non-hydrogen) atoms. The van der Waals surface area contributed by atoms with Crippen LogP contribution in [0.3, 0.4) is 0 Å². The Morgan fingerprint density at radius 1 is 0.971 bits per heavy atom. The fourth-order valence-electron chi connectivity index (χ4n) is 3.48. The number of benzene rings is 2. The number of rotatable bonds is 16. The molecule has 2 aromatic rings. The molecule has 0 aliphatic carbocycles. The number of sulfone groups is 1. The van der Waals surface area contributed by atoms with E-state index in [9.17, 15) is 8.42 Å². The maximum absolute atomic E-state index is 12.5. The van der Waals surface area contributed by atoms with Gasteiger partial charge >= 0.3 is 0 Å². The van der Waals surface area contributed by atoms with Crippen molar-refractivity contribution < 1.29 is 13.2 Å². The lowest BCUT2D eigenvalue weighted by Crippen LogP contribution is -2.18. The summed E-state index contributed by atoms with van der Waals surface area (Å²) in [5.41, 5.74) is 3.59. The van der Waals surface area contributed by atoms with Crippen molar-refractivity contribution in [2.45, 2.75) is 57.8 Å². The first kappa shape index (κ1) is 28.7. The SMILES string of the molecule is C=C(C)COCCCCCCN(C)c1ccc(/N=N/c2ccc(S(=O)(=O)CC(C)CC)cc2)cc1. The molecule has 0 spiro atoms. The fourth-order valence-corrected chi connectivity index (χ4v) is 5.21. The zero-order valence-electron chi connectivity index (χ0n) is 21.7. The van der Waals surface area contributed by atoms with Gasteiger partial charge in [0, 0.05) is 25.9 Å². The van der Waals surface area contributed by atoms with Crippen LogP contribution in [0.15, 0.2) is 75.8 Å². The zero-order chi connectivity index (χ0) is 25.7. The Hall–Kier alpha value is -2.51. The molecule has 0 aliphatic rings. The van der Waals surface area contributed by atoms with Crippen LogP contribution in [0.4, 0.5) is 17.1 Å². The van der Waals surface area contributed by atoms with Gasteiger partial charge in [0.15, 0.2) is 9.84 Å². The predicted octanol–water partition coefficient (Wildman–Crippen LogP) is 7.51. The Kier molecular flexibility index (Phi) is 12.1. The van der Waals surface area contributed by atoms with Crippen LogP contribution >= 0.6 is 0 Å². The van der Waals surface area contributed by atoms with Crippen LogP contribution in [0.5, 0.6) is 0 Å². The maximum Gasteiger partial charge on any atom is 0.178 e. The standard InChI is InChI=1S/C28H41N3O3S/c1-6-24(4)22-35(32,33)28-17-13-26(14-18-28)30-29-25-11-15-27(16-12-25)31(5)19-9-7-8-10-20-34-21-23(2)3/h11-18,24H,2,6-10,19-22H2,1,3-5H3/b30-29+. The largest absolute Gasteiger partial charge is 0.377 e. The van der Waals surface area contributed by atoms with Gasteiger partial charge in [0.25, 0.3) is 0 Å². The topological polar surface area (TPSA) is 71.3 Å². The van der Waals surface area contributed by atoms with Gasteiger partial charge in [-0.1, -0.05) is 45.3 Å². The second-order valence-corrected chi connectivity index (χ2v) is 11.4. The molecule has 0 aromatic heterocycles. The van der Waals surface area contributed by atoms with E-state index < -0.39 is 9.84 Å². The van der Waals surface area contributed by atoms with E-state index in [1.165, 1.54) is 12.8 Å². The van der Waals surface area contributed by atoms with Crippen LogP contribution in [0, 0.1) is 5.92 Å². The molecular weight excluding hydrogens is 458 g/mol. The average molecular weight is 500 g/mol. The second-order valence-electron chi connectivity index (χ2n) is 9.35. The molecular formula is C28H41N3O3S. The molecule has 0 bridgehead atoms. The van der Waals surface area contributed by atoms with E-state index in [2.05, 4.69) is 28.8 Å². The van der Waals surface area contributed by atoms with E-state index in [0.717, 1.165) is 49.4 Å². The minimum Gasteiger partial charge on any atom is -0.377 e. The van der Waals surface area contributed by atoms with Crippen molar-refractivity contribution in [2.24, 2.45) is 16.1 Å². The quantitative estimate of drug-likeness (QED) is 0.136. The lowest BCUT2D eigenvalue weighted by Gasteiger charge is -2.19. The highest BCUT2D eigenvalue weighted by atomic mass is 32.2. The normalized spacial score (nSPS) is 12.7. The number of unbranched alkanes of at least 4 members (excludes halogenated alkanes) is 3. The average Bonchev–Trinajstić information content (AvgIpc) is 2.84. The molecule has 0 radical (unpaired) electrons. The summed E-state index contributed by atoms with van der Waals surface area (Å²) in [6.45, 7) is 12.2. The highest BCUT2D eigenvalue weighted by molar-refractivity contribution is 7.91. The molecule has 0 aliphatic heterocycles. The van der Waals surface area contributed by atoms with Gasteiger partial charge in [0.2, 0.25) is 0 Å². The highest BCUT2D eigenvalue weighted by Crippen LogP contribution is 2.24. The van der Waals surface area contributed by atoms with E-state index >= 15 is 0 Å². The van der Waals surface area contributed by atoms with Crippen LogP contribution in [-0.2, 0) is 14.6 Å². The number of hydrogen-bond donors (Lipinski definition) is 0. The smallest absolute Gasteiger partial charge is 0.178 e. The summed E-state index contributed by atoms with van der Waals surface area (Å²) in [6.07, 6.45) is 5.43. The summed E-state index contributed by atoms with van der Waals surface area (Å²) in [5, 5.41) is 8.55. The van der Waals surface area contributed by atoms with Crippen molar-refractivity contribution in [3.63, 3.8) is 0 Å². The van der Waals surface area contributed by atoms with Gasteiger partial charge in [-0.25, -0.2) is 8.42 Å². The Bertz CT molecular complexity index is 1030. The Morgan fingerprint density at radius 3 is 2.11 bits per heavy atom. The van der Waals surface area contributed by atoms with Crippen molar-refractivity contribution in [1.82, 2.24) is 0 Å².